The van der Waals surface area contributed by atoms with E-state index >= 15 is 0 Å². The van der Waals surface area contributed by atoms with Crippen molar-refractivity contribution >= 4 is 0 Å². The zero-order valence-electron chi connectivity index (χ0n) is 10.7. The van der Waals surface area contributed by atoms with Gasteiger partial charge in [0.15, 0.2) is 0 Å². The average Bonchev–Trinajstić information content (AvgIpc) is 2.14. The van der Waals surface area contributed by atoms with Crippen LogP contribution >= 0.6 is 0 Å². The van der Waals surface area contributed by atoms with Gasteiger partial charge in [-0.3, -0.25) is 0 Å². The van der Waals surface area contributed by atoms with Crippen LogP contribution in [0.25, 0.3) is 0 Å². The first-order valence-corrected chi connectivity index (χ1v) is 5.97. The van der Waals surface area contributed by atoms with Crippen LogP contribution in [0.15, 0.2) is 0 Å². The minimum absolute atomic E-state index is 0.667. The van der Waals surface area contributed by atoms with E-state index in [4.69, 9.17) is 4.74 Å². The van der Waals surface area contributed by atoms with Gasteiger partial charge in [-0.25, -0.2) is 0 Å². The number of ether oxygens (including phenoxy) is 1. The smallest absolute Gasteiger partial charge is 0.112 e. The first-order valence-electron chi connectivity index (χ1n) is 5.97. The van der Waals surface area contributed by atoms with Crippen molar-refractivity contribution in [1.29, 1.82) is 0 Å². The van der Waals surface area contributed by atoms with E-state index in [0.717, 1.165) is 6.61 Å². The van der Waals surface area contributed by atoms with Crippen molar-refractivity contribution in [2.75, 3.05) is 33.9 Å². The first-order chi connectivity index (χ1) is 6.64. The molecule has 0 aliphatic heterocycles. The van der Waals surface area contributed by atoms with E-state index in [-0.39, 0.29) is 0 Å². The molecular weight excluding hydrogens is 174 g/mol. The van der Waals surface area contributed by atoms with E-state index in [0.29, 0.717) is 6.04 Å². The standard InChI is InChI=1S/C12H28NO/c1-6-9-13(4,10-7-2)12(8-3)11-14-5/h12H,6-11H2,1-5H3/q+1. The summed E-state index contributed by atoms with van der Waals surface area (Å²) in [5.41, 5.74) is 0. The fraction of sp³-hybridized carbons (Fsp3) is 1.00. The summed E-state index contributed by atoms with van der Waals surface area (Å²) >= 11 is 0. The van der Waals surface area contributed by atoms with Crippen LogP contribution in [0.4, 0.5) is 0 Å². The fourth-order valence-electron chi connectivity index (χ4n) is 2.43. The summed E-state index contributed by atoms with van der Waals surface area (Å²) in [6, 6.07) is 0.667. The summed E-state index contributed by atoms with van der Waals surface area (Å²) < 4.78 is 6.50. The Morgan fingerprint density at radius 2 is 1.57 bits per heavy atom. The molecule has 14 heavy (non-hydrogen) atoms. The molecular formula is C12H28NO+. The third-order valence-corrected chi connectivity index (χ3v) is 3.18. The Morgan fingerprint density at radius 1 is 1.07 bits per heavy atom. The molecule has 0 heterocycles. The molecule has 2 nitrogen and oxygen atoms in total. The van der Waals surface area contributed by atoms with E-state index < -0.39 is 0 Å². The first kappa shape index (κ1) is 13.9. The van der Waals surface area contributed by atoms with Gasteiger partial charge in [0, 0.05) is 7.11 Å². The normalized spacial score (nSPS) is 14.4. The molecule has 0 amide bonds. The SMILES string of the molecule is CCC[N+](C)(CCC)C(CC)COC. The number of likely N-dealkylation sites (N-methyl/N-ethyl adjacent to an activating group) is 1. The summed E-state index contributed by atoms with van der Waals surface area (Å²) in [6.07, 6.45) is 3.73. The minimum Gasteiger partial charge on any atom is -0.379 e. The number of methoxy groups -OCH3 is 1. The second kappa shape index (κ2) is 7.24. The molecule has 0 rings (SSSR count). The molecule has 86 valence electrons. The lowest BCUT2D eigenvalue weighted by Gasteiger charge is -2.41. The van der Waals surface area contributed by atoms with Crippen LogP contribution in [0.5, 0.6) is 0 Å². The molecule has 0 saturated heterocycles. The molecule has 0 aromatic heterocycles. The topological polar surface area (TPSA) is 9.23 Å². The number of hydrogen-bond acceptors (Lipinski definition) is 1. The second-order valence-corrected chi connectivity index (χ2v) is 4.44. The van der Waals surface area contributed by atoms with E-state index in [1.165, 1.54) is 36.8 Å². The summed E-state index contributed by atoms with van der Waals surface area (Å²) in [4.78, 5) is 0. The quantitative estimate of drug-likeness (QED) is 0.550. The van der Waals surface area contributed by atoms with Gasteiger partial charge in [-0.05, 0) is 19.3 Å². The summed E-state index contributed by atoms with van der Waals surface area (Å²) in [7, 11) is 4.19. The van der Waals surface area contributed by atoms with Gasteiger partial charge in [0.25, 0.3) is 0 Å². The highest BCUT2D eigenvalue weighted by Crippen LogP contribution is 2.16. The van der Waals surface area contributed by atoms with Crippen molar-refractivity contribution < 1.29 is 9.22 Å². The van der Waals surface area contributed by atoms with Gasteiger partial charge < -0.3 is 9.22 Å². The van der Waals surface area contributed by atoms with E-state index in [9.17, 15) is 0 Å². The zero-order valence-corrected chi connectivity index (χ0v) is 10.7. The lowest BCUT2D eigenvalue weighted by Crippen LogP contribution is -2.54. The molecule has 0 radical (unpaired) electrons. The highest BCUT2D eigenvalue weighted by molar-refractivity contribution is 4.56. The Balaban J connectivity index is 4.39. The molecule has 0 N–H and O–H groups in total. The Kier molecular flexibility index (Phi) is 7.20. The Hall–Kier alpha value is -0.0800. The van der Waals surface area contributed by atoms with E-state index in [1.807, 2.05) is 7.11 Å². The van der Waals surface area contributed by atoms with Gasteiger partial charge in [-0.1, -0.05) is 20.8 Å². The zero-order chi connectivity index (χ0) is 11.0. The monoisotopic (exact) mass is 202 g/mol. The highest BCUT2D eigenvalue weighted by atomic mass is 16.5. The molecule has 0 bridgehead atoms. The van der Waals surface area contributed by atoms with Crippen LogP contribution in [0.1, 0.15) is 40.0 Å². The molecule has 0 aliphatic carbocycles. The average molecular weight is 202 g/mol. The van der Waals surface area contributed by atoms with Crippen molar-refractivity contribution in [3.05, 3.63) is 0 Å². The van der Waals surface area contributed by atoms with E-state index in [2.05, 4.69) is 27.8 Å². The molecule has 2 heteroatoms. The Bertz CT molecular complexity index is 130. The van der Waals surface area contributed by atoms with Crippen LogP contribution in [0.3, 0.4) is 0 Å². The molecule has 1 unspecified atom stereocenters. The molecule has 0 spiro atoms. The lowest BCUT2D eigenvalue weighted by atomic mass is 10.1. The van der Waals surface area contributed by atoms with Gasteiger partial charge in [-0.15, -0.1) is 0 Å². The Morgan fingerprint density at radius 3 is 1.86 bits per heavy atom. The number of quaternary nitrogens is 1. The van der Waals surface area contributed by atoms with Gasteiger partial charge in [0.1, 0.15) is 6.04 Å². The van der Waals surface area contributed by atoms with Crippen molar-refractivity contribution in [3.63, 3.8) is 0 Å². The maximum Gasteiger partial charge on any atom is 0.112 e. The number of nitrogens with zero attached hydrogens (tertiary/aromatic N) is 1. The molecule has 1 atom stereocenters. The second-order valence-electron chi connectivity index (χ2n) is 4.44. The maximum absolute atomic E-state index is 5.32. The van der Waals surface area contributed by atoms with Crippen molar-refractivity contribution in [1.82, 2.24) is 0 Å². The molecule has 0 saturated carbocycles. The van der Waals surface area contributed by atoms with Gasteiger partial charge in [-0.2, -0.15) is 0 Å². The summed E-state index contributed by atoms with van der Waals surface area (Å²) in [5.74, 6) is 0. The van der Waals surface area contributed by atoms with Crippen LogP contribution in [0.2, 0.25) is 0 Å². The predicted molar refractivity (Wildman–Crippen MR) is 62.5 cm³/mol. The molecule has 0 aromatic rings. The summed E-state index contributed by atoms with van der Waals surface area (Å²) in [6.45, 7) is 10.3. The lowest BCUT2D eigenvalue weighted by molar-refractivity contribution is -0.934. The summed E-state index contributed by atoms with van der Waals surface area (Å²) in [5, 5.41) is 0. The highest BCUT2D eigenvalue weighted by Gasteiger charge is 2.29. The van der Waals surface area contributed by atoms with Gasteiger partial charge in [0.2, 0.25) is 0 Å². The molecule has 0 aliphatic rings. The van der Waals surface area contributed by atoms with Gasteiger partial charge >= 0.3 is 0 Å². The number of hydrogen-bond donors (Lipinski definition) is 0. The van der Waals surface area contributed by atoms with Crippen molar-refractivity contribution in [2.45, 2.75) is 46.1 Å². The molecule has 0 fully saturated rings. The maximum atomic E-state index is 5.32. The van der Waals surface area contributed by atoms with Crippen LogP contribution in [0, 0.1) is 0 Å². The minimum atomic E-state index is 0.667. The third kappa shape index (κ3) is 3.97. The predicted octanol–water partition coefficient (Wildman–Crippen LogP) is 2.68. The number of rotatable bonds is 8. The Labute approximate surface area is 89.8 Å². The van der Waals surface area contributed by atoms with Crippen molar-refractivity contribution in [2.24, 2.45) is 0 Å². The fourth-order valence-corrected chi connectivity index (χ4v) is 2.43. The molecule has 0 aromatic carbocycles. The van der Waals surface area contributed by atoms with Crippen LogP contribution in [-0.4, -0.2) is 44.4 Å². The van der Waals surface area contributed by atoms with Crippen molar-refractivity contribution in [3.8, 4) is 0 Å². The van der Waals surface area contributed by atoms with E-state index in [1.54, 1.807) is 0 Å². The third-order valence-electron chi connectivity index (χ3n) is 3.18. The van der Waals surface area contributed by atoms with Gasteiger partial charge in [0.05, 0.1) is 26.7 Å². The van der Waals surface area contributed by atoms with Crippen LogP contribution in [-0.2, 0) is 4.74 Å². The van der Waals surface area contributed by atoms with Crippen LogP contribution < -0.4 is 0 Å². The largest absolute Gasteiger partial charge is 0.379 e.